The number of nitrogen functional groups attached to an aromatic ring is 1. The van der Waals surface area contributed by atoms with Gasteiger partial charge in [0, 0.05) is 0 Å². The van der Waals surface area contributed by atoms with Crippen molar-refractivity contribution in [3.63, 3.8) is 0 Å². The molecule has 5 nitrogen and oxygen atoms in total. The van der Waals surface area contributed by atoms with Crippen LogP contribution in [0, 0.1) is 10.1 Å². The van der Waals surface area contributed by atoms with Crippen molar-refractivity contribution in [3.05, 3.63) is 27.5 Å². The fourth-order valence-corrected chi connectivity index (χ4v) is 0.743. The first-order valence-electron chi connectivity index (χ1n) is 2.66. The number of anilines is 1. The lowest BCUT2D eigenvalue weighted by Crippen LogP contribution is -1.94. The van der Waals surface area contributed by atoms with Crippen LogP contribution in [0.3, 0.4) is 0 Å². The van der Waals surface area contributed by atoms with E-state index >= 15 is 0 Å². The molecule has 6 heteroatoms. The molecule has 0 saturated heterocycles. The van der Waals surface area contributed by atoms with Gasteiger partial charge in [-0.25, -0.2) is 0 Å². The Morgan fingerprint density at radius 3 is 2.73 bits per heavy atom. The molecule has 0 aromatic carbocycles. The first kappa shape index (κ1) is 7.74. The molecule has 0 spiro atoms. The maximum Gasteiger partial charge on any atom is 0.308 e. The third-order valence-corrected chi connectivity index (χ3v) is 1.50. The van der Waals surface area contributed by atoms with E-state index in [1.165, 1.54) is 6.20 Å². The Balaban J connectivity index is 3.27. The third kappa shape index (κ3) is 1.38. The molecule has 0 unspecified atom stereocenters. The van der Waals surface area contributed by atoms with Gasteiger partial charge in [0.05, 0.1) is 16.8 Å². The van der Waals surface area contributed by atoms with Gasteiger partial charge in [-0.3, -0.25) is 15.1 Å². The smallest absolute Gasteiger partial charge is 0.308 e. The van der Waals surface area contributed by atoms with E-state index in [2.05, 4.69) is 4.98 Å². The number of rotatable bonds is 1. The van der Waals surface area contributed by atoms with Gasteiger partial charge in [-0.15, -0.1) is 0 Å². The lowest BCUT2D eigenvalue weighted by atomic mass is 10.4. The summed E-state index contributed by atoms with van der Waals surface area (Å²) in [6.45, 7) is 0. The largest absolute Gasteiger partial charge is 0.396 e. The van der Waals surface area contributed by atoms with Crippen LogP contribution < -0.4 is 5.73 Å². The topological polar surface area (TPSA) is 82.0 Å². The minimum absolute atomic E-state index is 0.0648. The summed E-state index contributed by atoms with van der Waals surface area (Å²) in [4.78, 5) is 13.1. The molecule has 0 saturated carbocycles. The zero-order valence-electron chi connectivity index (χ0n) is 5.32. The summed E-state index contributed by atoms with van der Waals surface area (Å²) in [5.74, 6) is 0. The van der Waals surface area contributed by atoms with Crippen LogP contribution >= 0.6 is 11.6 Å². The van der Waals surface area contributed by atoms with Crippen molar-refractivity contribution in [2.24, 2.45) is 0 Å². The number of nitro groups is 1. The number of nitrogens with zero attached hydrogens (tertiary/aromatic N) is 2. The van der Waals surface area contributed by atoms with Crippen molar-refractivity contribution in [2.45, 2.75) is 0 Å². The summed E-state index contributed by atoms with van der Waals surface area (Å²) < 4.78 is 0. The Labute approximate surface area is 66.9 Å². The molecule has 2 N–H and O–H groups in total. The minimum Gasteiger partial charge on any atom is -0.396 e. The summed E-state index contributed by atoms with van der Waals surface area (Å²) in [5.41, 5.74) is 5.10. The number of pyridine rings is 1. The number of aromatic nitrogens is 1. The number of halogens is 1. The molecule has 0 aliphatic heterocycles. The average molecular weight is 174 g/mol. The number of nitrogens with two attached hydrogens (primary N) is 1. The van der Waals surface area contributed by atoms with Gasteiger partial charge >= 0.3 is 5.69 Å². The van der Waals surface area contributed by atoms with E-state index in [0.717, 1.165) is 6.20 Å². The summed E-state index contributed by atoms with van der Waals surface area (Å²) in [6, 6.07) is 0. The van der Waals surface area contributed by atoms with Crippen LogP contribution in [0.25, 0.3) is 0 Å². The highest BCUT2D eigenvalue weighted by Crippen LogP contribution is 2.27. The van der Waals surface area contributed by atoms with Gasteiger partial charge in [0.1, 0.15) is 11.2 Å². The van der Waals surface area contributed by atoms with Crippen LogP contribution in [0.5, 0.6) is 0 Å². The Morgan fingerprint density at radius 2 is 2.27 bits per heavy atom. The first-order chi connectivity index (χ1) is 5.13. The highest BCUT2D eigenvalue weighted by atomic mass is 35.5. The molecule has 0 amide bonds. The molecular formula is C5H4ClN3O2. The molecule has 1 heterocycles. The van der Waals surface area contributed by atoms with Crippen molar-refractivity contribution < 1.29 is 4.92 Å². The second kappa shape index (κ2) is 2.71. The van der Waals surface area contributed by atoms with E-state index in [-0.39, 0.29) is 16.4 Å². The molecular weight excluding hydrogens is 170 g/mol. The van der Waals surface area contributed by atoms with E-state index in [0.29, 0.717) is 0 Å². The Hall–Kier alpha value is -1.36. The Bertz CT molecular complexity index is 302. The molecule has 1 rings (SSSR count). The summed E-state index contributed by atoms with van der Waals surface area (Å²) >= 11 is 5.48. The highest BCUT2D eigenvalue weighted by molar-refractivity contribution is 6.35. The van der Waals surface area contributed by atoms with Crippen LogP contribution in [0.1, 0.15) is 0 Å². The van der Waals surface area contributed by atoms with E-state index < -0.39 is 4.92 Å². The number of hydrogen-bond acceptors (Lipinski definition) is 4. The number of hydrogen-bond donors (Lipinski definition) is 1. The molecule has 58 valence electrons. The van der Waals surface area contributed by atoms with Crippen molar-refractivity contribution in [2.75, 3.05) is 5.73 Å². The molecule has 1 aromatic heterocycles. The molecule has 11 heavy (non-hydrogen) atoms. The zero-order valence-corrected chi connectivity index (χ0v) is 6.08. The average Bonchev–Trinajstić information content (AvgIpc) is 1.94. The fraction of sp³-hybridized carbons (Fsp3) is 0. The van der Waals surface area contributed by atoms with Gasteiger partial charge in [-0.2, -0.15) is 0 Å². The summed E-state index contributed by atoms with van der Waals surface area (Å²) in [6.07, 6.45) is 2.31. The zero-order chi connectivity index (χ0) is 8.43. The van der Waals surface area contributed by atoms with Crippen LogP contribution in [-0.4, -0.2) is 9.91 Å². The SMILES string of the molecule is Nc1cncc([N+](=O)[O-])c1Cl. The fourth-order valence-electron chi connectivity index (χ4n) is 0.577. The summed E-state index contributed by atoms with van der Waals surface area (Å²) in [7, 11) is 0. The first-order valence-corrected chi connectivity index (χ1v) is 3.04. The van der Waals surface area contributed by atoms with E-state index in [1.807, 2.05) is 0 Å². The second-order valence-corrected chi connectivity index (χ2v) is 2.20. The Kier molecular flexibility index (Phi) is 1.91. The molecule has 1 aromatic rings. The van der Waals surface area contributed by atoms with Crippen molar-refractivity contribution in [1.29, 1.82) is 0 Å². The van der Waals surface area contributed by atoms with Crippen molar-refractivity contribution in [1.82, 2.24) is 4.98 Å². The van der Waals surface area contributed by atoms with Crippen LogP contribution in [0.15, 0.2) is 12.4 Å². The molecule has 0 radical (unpaired) electrons. The second-order valence-electron chi connectivity index (χ2n) is 1.82. The quantitative estimate of drug-likeness (QED) is 0.511. The van der Waals surface area contributed by atoms with Gasteiger partial charge in [0.25, 0.3) is 0 Å². The van der Waals surface area contributed by atoms with Gasteiger partial charge in [0.15, 0.2) is 0 Å². The minimum atomic E-state index is -0.633. The van der Waals surface area contributed by atoms with Gasteiger partial charge < -0.3 is 5.73 Å². The predicted octanol–water partition coefficient (Wildman–Crippen LogP) is 1.23. The summed E-state index contributed by atoms with van der Waals surface area (Å²) in [5, 5.41) is 10.1. The van der Waals surface area contributed by atoms with Crippen LogP contribution in [-0.2, 0) is 0 Å². The van der Waals surface area contributed by atoms with Gasteiger partial charge in [-0.1, -0.05) is 11.6 Å². The molecule has 0 aliphatic carbocycles. The predicted molar refractivity (Wildman–Crippen MR) is 40.3 cm³/mol. The maximum atomic E-state index is 10.2. The van der Waals surface area contributed by atoms with Crippen LogP contribution in [0.4, 0.5) is 11.4 Å². The molecule has 0 atom stereocenters. The maximum absolute atomic E-state index is 10.2. The standard InChI is InChI=1S/C5H4ClN3O2/c6-5-3(7)1-8-2-4(5)9(10)11/h1-2H,7H2. The van der Waals surface area contributed by atoms with Crippen LogP contribution in [0.2, 0.25) is 5.02 Å². The van der Waals surface area contributed by atoms with Crippen molar-refractivity contribution in [3.8, 4) is 0 Å². The molecule has 0 fully saturated rings. The monoisotopic (exact) mass is 173 g/mol. The van der Waals surface area contributed by atoms with E-state index in [4.69, 9.17) is 17.3 Å². The van der Waals surface area contributed by atoms with Crippen molar-refractivity contribution >= 4 is 23.0 Å². The normalized spacial score (nSPS) is 9.55. The van der Waals surface area contributed by atoms with E-state index in [9.17, 15) is 10.1 Å². The third-order valence-electron chi connectivity index (χ3n) is 1.09. The van der Waals surface area contributed by atoms with E-state index in [1.54, 1.807) is 0 Å². The van der Waals surface area contributed by atoms with Gasteiger partial charge in [0.2, 0.25) is 0 Å². The highest BCUT2D eigenvalue weighted by Gasteiger charge is 2.13. The van der Waals surface area contributed by atoms with Gasteiger partial charge in [-0.05, 0) is 0 Å². The molecule has 0 aliphatic rings. The lowest BCUT2D eigenvalue weighted by Gasteiger charge is -1.95. The Morgan fingerprint density at radius 1 is 1.64 bits per heavy atom. The lowest BCUT2D eigenvalue weighted by molar-refractivity contribution is -0.385. The molecule has 0 bridgehead atoms.